The van der Waals surface area contributed by atoms with Crippen molar-refractivity contribution in [3.05, 3.63) is 144 Å². The molecule has 0 radical (unpaired) electrons. The molecule has 1 fully saturated rings. The van der Waals surface area contributed by atoms with E-state index in [-0.39, 0.29) is 28.5 Å². The Kier molecular flexibility index (Phi) is 13.5. The molecular weight excluding hydrogens is 815 g/mol. The van der Waals surface area contributed by atoms with Gasteiger partial charge in [-0.2, -0.15) is 21.4 Å². The Hall–Kier alpha value is -5.41. The van der Waals surface area contributed by atoms with Gasteiger partial charge in [-0.05, 0) is 87.1 Å². The molecule has 2 N–H and O–H groups in total. The van der Waals surface area contributed by atoms with Crippen molar-refractivity contribution in [2.24, 2.45) is 0 Å². The first-order chi connectivity index (χ1) is 28.8. The van der Waals surface area contributed by atoms with Crippen molar-refractivity contribution in [2.45, 2.75) is 99.7 Å². The molecule has 1 amide bonds. The summed E-state index contributed by atoms with van der Waals surface area (Å²) in [6.45, 7) is 13.1. The van der Waals surface area contributed by atoms with Gasteiger partial charge in [0.2, 0.25) is 5.69 Å². The lowest BCUT2D eigenvalue weighted by atomic mass is 9.81. The molecule has 322 valence electrons. The summed E-state index contributed by atoms with van der Waals surface area (Å²) >= 11 is 0. The molecule has 1 saturated heterocycles. The van der Waals surface area contributed by atoms with Crippen LogP contribution in [0.5, 0.6) is 0 Å². The summed E-state index contributed by atoms with van der Waals surface area (Å²) in [5.74, 6) is -0.774. The van der Waals surface area contributed by atoms with E-state index in [0.717, 1.165) is 51.8 Å². The fourth-order valence-electron chi connectivity index (χ4n) is 8.29. The monoisotopic (exact) mass is 868 g/mol. The number of carbonyl (C=O) groups excluding carboxylic acids is 2. The Morgan fingerprint density at radius 3 is 2.23 bits per heavy atom. The van der Waals surface area contributed by atoms with Crippen molar-refractivity contribution >= 4 is 49.2 Å². The van der Waals surface area contributed by atoms with Crippen molar-refractivity contribution < 1.29 is 44.9 Å². The van der Waals surface area contributed by atoms with E-state index in [1.54, 1.807) is 18.2 Å². The second-order valence-electron chi connectivity index (χ2n) is 16.5. The van der Waals surface area contributed by atoms with Gasteiger partial charge in [0.15, 0.2) is 5.71 Å². The summed E-state index contributed by atoms with van der Waals surface area (Å²) in [4.78, 5) is 31.5. The van der Waals surface area contributed by atoms with Crippen LogP contribution in [0.4, 0.5) is 11.4 Å². The SMILES string of the molecule is C=C1CCC(=O)N1OC(=O)CCCCCN1/C(=C/C=C/C=C/C2=[N+](CCCC3=C/C=C\C=C/C=C\3)c3ccc(S(=O)(=O)O)cc3C2(C)C)C(C)(C)c2cc(S(=O)(=O)O)ccc21. The highest BCUT2D eigenvalue weighted by Gasteiger charge is 2.45. The molecule has 2 aromatic rings. The number of anilines is 1. The largest absolute Gasteiger partial charge is 0.344 e. The van der Waals surface area contributed by atoms with Crippen LogP contribution < -0.4 is 4.90 Å². The van der Waals surface area contributed by atoms with Gasteiger partial charge in [0.25, 0.3) is 26.1 Å². The molecular formula is C47H54N3O9S2+. The van der Waals surface area contributed by atoms with Crippen molar-refractivity contribution in [1.29, 1.82) is 0 Å². The predicted molar refractivity (Wildman–Crippen MR) is 237 cm³/mol. The quantitative estimate of drug-likeness (QED) is 0.0722. The molecule has 0 aromatic heterocycles. The Labute approximate surface area is 359 Å². The molecule has 1 aliphatic carbocycles. The average Bonchev–Trinajstić information content (AvgIpc) is 3.69. The van der Waals surface area contributed by atoms with Crippen LogP contribution in [0.3, 0.4) is 0 Å². The number of fused-ring (bicyclic) bond motifs is 2. The lowest BCUT2D eigenvalue weighted by molar-refractivity contribution is -0.438. The van der Waals surface area contributed by atoms with Crippen molar-refractivity contribution in [1.82, 2.24) is 5.06 Å². The Morgan fingerprint density at radius 1 is 0.836 bits per heavy atom. The molecule has 3 heterocycles. The second-order valence-corrected chi connectivity index (χ2v) is 19.4. The van der Waals surface area contributed by atoms with Crippen LogP contribution in [-0.2, 0) is 45.5 Å². The molecule has 4 aliphatic rings. The summed E-state index contributed by atoms with van der Waals surface area (Å²) in [5, 5.41) is 0.990. The van der Waals surface area contributed by atoms with Gasteiger partial charge in [-0.15, -0.1) is 5.06 Å². The maximum absolute atomic E-state index is 12.5. The van der Waals surface area contributed by atoms with E-state index in [1.807, 2.05) is 88.5 Å². The highest BCUT2D eigenvalue weighted by molar-refractivity contribution is 7.86. The van der Waals surface area contributed by atoms with Crippen LogP contribution in [0, 0.1) is 0 Å². The maximum atomic E-state index is 12.5. The number of unbranched alkanes of at least 4 members (excludes halogenated alkanes) is 2. The van der Waals surface area contributed by atoms with Gasteiger partial charge >= 0.3 is 5.97 Å². The summed E-state index contributed by atoms with van der Waals surface area (Å²) in [7, 11) is -8.86. The Balaban J connectivity index is 1.22. The maximum Gasteiger partial charge on any atom is 0.333 e. The smallest absolute Gasteiger partial charge is 0.333 e. The molecule has 0 atom stereocenters. The zero-order valence-corrected chi connectivity index (χ0v) is 36.7. The molecule has 0 saturated carbocycles. The lowest BCUT2D eigenvalue weighted by Gasteiger charge is -2.27. The van der Waals surface area contributed by atoms with Gasteiger partial charge in [0, 0.05) is 60.3 Å². The molecule has 12 nitrogen and oxygen atoms in total. The van der Waals surface area contributed by atoms with E-state index in [2.05, 4.69) is 28.2 Å². The molecule has 0 spiro atoms. The minimum Gasteiger partial charge on any atom is -0.344 e. The van der Waals surface area contributed by atoms with Crippen LogP contribution >= 0.6 is 0 Å². The van der Waals surface area contributed by atoms with Gasteiger partial charge in [0.1, 0.15) is 6.54 Å². The van der Waals surface area contributed by atoms with E-state index in [0.29, 0.717) is 44.5 Å². The molecule has 14 heteroatoms. The number of hydrogen-bond donors (Lipinski definition) is 2. The van der Waals surface area contributed by atoms with Gasteiger partial charge < -0.3 is 9.74 Å². The van der Waals surface area contributed by atoms with E-state index >= 15 is 0 Å². The van der Waals surface area contributed by atoms with Crippen molar-refractivity contribution in [3.63, 3.8) is 0 Å². The van der Waals surface area contributed by atoms with E-state index < -0.39 is 37.0 Å². The molecule has 0 unspecified atom stereocenters. The number of amides is 1. The summed E-state index contributed by atoms with van der Waals surface area (Å²) in [6.07, 6.45) is 28.4. The predicted octanol–water partition coefficient (Wildman–Crippen LogP) is 8.89. The first-order valence-corrected chi connectivity index (χ1v) is 23.3. The standard InChI is InChI=1S/C47H53N3O9S2/c1-34-24-29-44(51)50(34)59-45(52)23-15-10-16-30-48-40-27-25-36(60(53,54)55)32-38(40)46(2,3)42(48)21-13-9-14-22-43-47(4,5)39-33-37(61(56,57)58)26-28-41(39)49(43)31-17-20-35-18-11-7-6-8-12-19-35/h6-9,11-14,18-19,21-22,25-28,32-33H,1,10,15-17,20,23-24,29-31H2,2-5H3,(H-,53,54,55,56,57,58)/p+1/b7-6-,8-6?,11-7?,12-8-,18-11-,19-12?,35-18?,35-19+. The number of nitrogens with zero attached hydrogens (tertiary/aromatic N) is 3. The molecule has 2 aromatic carbocycles. The van der Waals surface area contributed by atoms with Crippen molar-refractivity contribution in [3.8, 4) is 0 Å². The highest BCUT2D eigenvalue weighted by Crippen LogP contribution is 2.49. The van der Waals surface area contributed by atoms with Crippen LogP contribution in [-0.4, -0.2) is 66.3 Å². The number of hydroxylamine groups is 2. The zero-order chi connectivity index (χ0) is 44.2. The summed E-state index contributed by atoms with van der Waals surface area (Å²) < 4.78 is 70.6. The number of carbonyl (C=O) groups is 2. The third kappa shape index (κ3) is 10.2. The first-order valence-electron chi connectivity index (χ1n) is 20.4. The Morgan fingerprint density at radius 2 is 1.52 bits per heavy atom. The van der Waals surface area contributed by atoms with E-state index in [4.69, 9.17) is 4.84 Å². The molecule has 0 bridgehead atoms. The lowest BCUT2D eigenvalue weighted by Crippen LogP contribution is -2.28. The molecule has 61 heavy (non-hydrogen) atoms. The number of benzene rings is 2. The highest BCUT2D eigenvalue weighted by atomic mass is 32.2. The number of rotatable bonds is 16. The van der Waals surface area contributed by atoms with Gasteiger partial charge in [-0.1, -0.05) is 87.6 Å². The van der Waals surface area contributed by atoms with Gasteiger partial charge in [-0.3, -0.25) is 13.9 Å². The second kappa shape index (κ2) is 18.3. The number of allylic oxidation sites excluding steroid dienone is 15. The van der Waals surface area contributed by atoms with E-state index in [9.17, 15) is 35.5 Å². The summed E-state index contributed by atoms with van der Waals surface area (Å²) in [5.41, 5.74) is 5.53. The zero-order valence-electron chi connectivity index (χ0n) is 35.1. The third-order valence-corrected chi connectivity index (χ3v) is 13.3. The van der Waals surface area contributed by atoms with Gasteiger partial charge in [0.05, 0.1) is 20.9 Å². The van der Waals surface area contributed by atoms with Crippen molar-refractivity contribution in [2.75, 3.05) is 18.0 Å². The van der Waals surface area contributed by atoms with E-state index in [1.165, 1.54) is 23.8 Å². The average molecular weight is 869 g/mol. The first kappa shape index (κ1) is 45.1. The number of hydrogen-bond acceptors (Lipinski definition) is 8. The topological polar surface area (TPSA) is 162 Å². The third-order valence-electron chi connectivity index (χ3n) is 11.6. The van der Waals surface area contributed by atoms with Crippen LogP contribution in [0.15, 0.2) is 143 Å². The van der Waals surface area contributed by atoms with Crippen LogP contribution in [0.25, 0.3) is 0 Å². The minimum atomic E-state index is -4.44. The normalized spacial score (nSPS) is 21.5. The Bertz CT molecular complexity index is 2570. The molecule has 3 aliphatic heterocycles. The minimum absolute atomic E-state index is 0.138. The summed E-state index contributed by atoms with van der Waals surface area (Å²) in [6, 6.07) is 9.36. The fourth-order valence-corrected chi connectivity index (χ4v) is 9.31. The van der Waals surface area contributed by atoms with Crippen LogP contribution in [0.2, 0.25) is 0 Å². The van der Waals surface area contributed by atoms with Gasteiger partial charge in [-0.25, -0.2) is 4.79 Å². The molecule has 6 rings (SSSR count). The van der Waals surface area contributed by atoms with Crippen LogP contribution in [0.1, 0.15) is 90.2 Å². The fraction of sp³-hybridized carbons (Fsp3) is 0.340.